The number of rotatable bonds is 7. The number of ether oxygens (including phenoxy) is 2. The summed E-state index contributed by atoms with van der Waals surface area (Å²) >= 11 is 0. The van der Waals surface area contributed by atoms with Crippen LogP contribution in [0.3, 0.4) is 0 Å². The van der Waals surface area contributed by atoms with Crippen LogP contribution in [0.1, 0.15) is 36.1 Å². The molecule has 2 aromatic rings. The maximum atomic E-state index is 13.0. The third-order valence-corrected chi connectivity index (χ3v) is 7.92. The summed E-state index contributed by atoms with van der Waals surface area (Å²) in [6.07, 6.45) is 1.35. The van der Waals surface area contributed by atoms with E-state index in [2.05, 4.69) is 27.9 Å². The summed E-state index contributed by atoms with van der Waals surface area (Å²) in [7, 11) is 2.07. The average Bonchev–Trinajstić information content (AvgIpc) is 3.39. The summed E-state index contributed by atoms with van der Waals surface area (Å²) < 4.78 is 11.6. The standard InChI is InChI=1S/C28H35N7O5/c1-32-12-5-8-22(32)19-39-26-30-24-17-34(27(36)37)13-10-23(24)25(31-26)33-14-15-35(21(16-33)9-11-29)28(38)40-18-20-6-3-2-4-7-20/h2-4,6-7,21-22H,5,8-10,12-19H2,1H3,(H,36,37)/t21-,22+/m0/s1. The molecule has 2 atom stereocenters. The highest BCUT2D eigenvalue weighted by molar-refractivity contribution is 5.69. The van der Waals surface area contributed by atoms with Crippen LogP contribution in [0, 0.1) is 11.3 Å². The SMILES string of the molecule is CN1CCC[C@@H]1COc1nc2c(c(N3CCN(C(=O)OCc4ccccc4)[C@@H](CC#N)C3)n1)CCN(C(=O)O)C2. The highest BCUT2D eigenvalue weighted by Crippen LogP contribution is 2.31. The molecule has 1 aromatic heterocycles. The van der Waals surface area contributed by atoms with Crippen LogP contribution in [0.25, 0.3) is 0 Å². The molecule has 5 rings (SSSR count). The normalized spacial score (nSPS) is 21.1. The minimum Gasteiger partial charge on any atom is -0.465 e. The first kappa shape index (κ1) is 27.5. The molecule has 0 saturated carbocycles. The van der Waals surface area contributed by atoms with Gasteiger partial charge in [0.1, 0.15) is 19.0 Å². The number of fused-ring (bicyclic) bond motifs is 1. The number of piperazine rings is 1. The van der Waals surface area contributed by atoms with Crippen LogP contribution < -0.4 is 9.64 Å². The molecule has 3 aliphatic rings. The maximum Gasteiger partial charge on any atom is 0.410 e. The number of carbonyl (C=O) groups excluding carboxylic acids is 1. The van der Waals surface area contributed by atoms with Crippen molar-refractivity contribution >= 4 is 18.0 Å². The van der Waals surface area contributed by atoms with Crippen molar-refractivity contribution in [3.8, 4) is 12.1 Å². The van der Waals surface area contributed by atoms with Gasteiger partial charge in [-0.3, -0.25) is 0 Å². The van der Waals surface area contributed by atoms with Crippen LogP contribution in [-0.4, -0.2) is 100 Å². The molecule has 212 valence electrons. The Hall–Kier alpha value is -4.11. The van der Waals surface area contributed by atoms with E-state index in [1.54, 1.807) is 4.90 Å². The molecule has 12 nitrogen and oxygen atoms in total. The smallest absolute Gasteiger partial charge is 0.410 e. The first-order chi connectivity index (χ1) is 19.4. The number of carboxylic acid groups (broad SMARTS) is 1. The van der Waals surface area contributed by atoms with Crippen LogP contribution in [0.15, 0.2) is 30.3 Å². The molecule has 2 amide bonds. The molecule has 2 saturated heterocycles. The number of nitriles is 1. The van der Waals surface area contributed by atoms with E-state index < -0.39 is 12.2 Å². The summed E-state index contributed by atoms with van der Waals surface area (Å²) in [5, 5.41) is 19.1. The van der Waals surface area contributed by atoms with Crippen molar-refractivity contribution in [1.82, 2.24) is 24.7 Å². The second kappa shape index (κ2) is 12.4. The number of likely N-dealkylation sites (tertiary alicyclic amines) is 1. The van der Waals surface area contributed by atoms with Gasteiger partial charge >= 0.3 is 18.2 Å². The second-order valence-electron chi connectivity index (χ2n) is 10.5. The number of aromatic nitrogens is 2. The highest BCUT2D eigenvalue weighted by Gasteiger charge is 2.35. The van der Waals surface area contributed by atoms with Gasteiger partial charge in [0.2, 0.25) is 0 Å². The number of carbonyl (C=O) groups is 2. The molecular weight excluding hydrogens is 514 g/mol. The van der Waals surface area contributed by atoms with Crippen LogP contribution in [0.2, 0.25) is 0 Å². The molecule has 40 heavy (non-hydrogen) atoms. The van der Waals surface area contributed by atoms with Crippen molar-refractivity contribution in [3.05, 3.63) is 47.2 Å². The van der Waals surface area contributed by atoms with Gasteiger partial charge < -0.3 is 34.2 Å². The number of likely N-dealkylation sites (N-methyl/N-ethyl adjacent to an activating group) is 1. The number of anilines is 1. The first-order valence-electron chi connectivity index (χ1n) is 13.7. The molecule has 1 N–H and O–H groups in total. The Morgan fingerprint density at radius 1 is 1.12 bits per heavy atom. The zero-order valence-corrected chi connectivity index (χ0v) is 22.7. The van der Waals surface area contributed by atoms with Gasteiger partial charge in [0.25, 0.3) is 0 Å². The van der Waals surface area contributed by atoms with Crippen LogP contribution in [0.4, 0.5) is 15.4 Å². The van der Waals surface area contributed by atoms with Crippen LogP contribution in [-0.2, 0) is 24.3 Å². The largest absolute Gasteiger partial charge is 0.465 e. The summed E-state index contributed by atoms with van der Waals surface area (Å²) in [5.74, 6) is 0.685. The third kappa shape index (κ3) is 6.20. The average molecular weight is 550 g/mol. The Kier molecular flexibility index (Phi) is 8.50. The van der Waals surface area contributed by atoms with Gasteiger partial charge in [-0.25, -0.2) is 9.59 Å². The molecule has 0 unspecified atom stereocenters. The number of benzene rings is 1. The fourth-order valence-electron chi connectivity index (χ4n) is 5.61. The lowest BCUT2D eigenvalue weighted by Gasteiger charge is -2.41. The van der Waals surface area contributed by atoms with Gasteiger partial charge in [0.15, 0.2) is 0 Å². The van der Waals surface area contributed by atoms with E-state index >= 15 is 0 Å². The van der Waals surface area contributed by atoms with Crippen molar-refractivity contribution in [2.45, 2.75) is 50.9 Å². The Morgan fingerprint density at radius 2 is 1.95 bits per heavy atom. The van der Waals surface area contributed by atoms with Crippen LogP contribution in [0.5, 0.6) is 6.01 Å². The molecule has 3 aliphatic heterocycles. The minimum atomic E-state index is -0.988. The van der Waals surface area contributed by atoms with Crippen LogP contribution >= 0.6 is 0 Å². The second-order valence-corrected chi connectivity index (χ2v) is 10.5. The number of nitrogens with zero attached hydrogens (tertiary/aromatic N) is 7. The lowest BCUT2D eigenvalue weighted by atomic mass is 10.0. The summed E-state index contributed by atoms with van der Waals surface area (Å²) in [5.41, 5.74) is 2.42. The van der Waals surface area contributed by atoms with Gasteiger partial charge in [-0.1, -0.05) is 30.3 Å². The van der Waals surface area contributed by atoms with E-state index in [1.165, 1.54) is 4.90 Å². The number of hydrogen-bond donors (Lipinski definition) is 1. The van der Waals surface area contributed by atoms with Gasteiger partial charge in [-0.15, -0.1) is 0 Å². The minimum absolute atomic E-state index is 0.147. The van der Waals surface area contributed by atoms with E-state index in [0.29, 0.717) is 50.7 Å². The van der Waals surface area contributed by atoms with Crippen molar-refractivity contribution in [1.29, 1.82) is 5.26 Å². The quantitative estimate of drug-likeness (QED) is 0.549. The van der Waals surface area contributed by atoms with Crippen molar-refractivity contribution in [2.75, 3.05) is 51.3 Å². The lowest BCUT2D eigenvalue weighted by molar-refractivity contribution is 0.0767. The monoisotopic (exact) mass is 549 g/mol. The molecule has 4 heterocycles. The molecular formula is C28H35N7O5. The van der Waals surface area contributed by atoms with Gasteiger partial charge in [0, 0.05) is 37.8 Å². The zero-order valence-electron chi connectivity index (χ0n) is 22.7. The molecule has 2 fully saturated rings. The maximum absolute atomic E-state index is 13.0. The Labute approximate surface area is 233 Å². The number of hydrogen-bond acceptors (Lipinski definition) is 9. The topological polar surface area (TPSA) is 135 Å². The molecule has 1 aromatic carbocycles. The summed E-state index contributed by atoms with van der Waals surface area (Å²) in [6, 6.07) is 11.8. The summed E-state index contributed by atoms with van der Waals surface area (Å²) in [4.78, 5) is 41.4. The zero-order chi connectivity index (χ0) is 28.1. The van der Waals surface area contributed by atoms with Gasteiger partial charge in [0.05, 0.1) is 30.8 Å². The summed E-state index contributed by atoms with van der Waals surface area (Å²) in [6.45, 7) is 3.39. The third-order valence-electron chi connectivity index (χ3n) is 7.92. The Balaban J connectivity index is 1.34. The predicted octanol–water partition coefficient (Wildman–Crippen LogP) is 2.73. The van der Waals surface area contributed by atoms with E-state index in [1.807, 2.05) is 30.3 Å². The highest BCUT2D eigenvalue weighted by atomic mass is 16.6. The fraction of sp³-hybridized carbons (Fsp3) is 0.536. The molecule has 0 bridgehead atoms. The number of amides is 2. The van der Waals surface area contributed by atoms with E-state index in [-0.39, 0.29) is 37.7 Å². The van der Waals surface area contributed by atoms with E-state index in [0.717, 1.165) is 30.5 Å². The van der Waals surface area contributed by atoms with Gasteiger partial charge in [-0.2, -0.15) is 15.2 Å². The van der Waals surface area contributed by atoms with Crippen molar-refractivity contribution in [3.63, 3.8) is 0 Å². The van der Waals surface area contributed by atoms with Crippen molar-refractivity contribution < 1.29 is 24.2 Å². The lowest BCUT2D eigenvalue weighted by Crippen LogP contribution is -2.55. The Bertz CT molecular complexity index is 1250. The fourth-order valence-corrected chi connectivity index (χ4v) is 5.61. The van der Waals surface area contributed by atoms with Crippen molar-refractivity contribution in [2.24, 2.45) is 0 Å². The molecule has 0 aliphatic carbocycles. The molecule has 0 radical (unpaired) electrons. The first-order valence-corrected chi connectivity index (χ1v) is 13.7. The molecule has 12 heteroatoms. The Morgan fingerprint density at radius 3 is 2.67 bits per heavy atom. The van der Waals surface area contributed by atoms with Gasteiger partial charge in [-0.05, 0) is 38.4 Å². The van der Waals surface area contributed by atoms with E-state index in [4.69, 9.17) is 14.5 Å². The molecule has 0 spiro atoms. The van der Waals surface area contributed by atoms with E-state index in [9.17, 15) is 20.0 Å². The predicted molar refractivity (Wildman–Crippen MR) is 145 cm³/mol.